The Morgan fingerprint density at radius 2 is 1.87 bits per heavy atom. The van der Waals surface area contributed by atoms with Crippen molar-refractivity contribution in [2.24, 2.45) is 23.2 Å². The van der Waals surface area contributed by atoms with Crippen molar-refractivity contribution in [3.8, 4) is 0 Å². The number of sulfonamides is 1. The number of rotatable bonds is 7. The van der Waals surface area contributed by atoms with E-state index in [2.05, 4.69) is 34.2 Å². The second kappa shape index (κ2) is 9.91. The predicted octanol–water partition coefficient (Wildman–Crippen LogP) is 3.87. The van der Waals surface area contributed by atoms with E-state index in [1.807, 2.05) is 6.92 Å². The molecule has 3 aliphatic rings. The number of carbonyl (C=O) groups is 2. The maximum Gasteiger partial charge on any atom is 0.263 e. The Balaban J connectivity index is 1.34. The number of nitrogens with zero attached hydrogens (tertiary/aromatic N) is 1. The fourth-order valence-electron chi connectivity index (χ4n) is 6.44. The molecule has 9 nitrogen and oxygen atoms in total. The van der Waals surface area contributed by atoms with Crippen LogP contribution < -0.4 is 15.4 Å². The maximum atomic E-state index is 13.0. The first-order valence-corrected chi connectivity index (χ1v) is 15.6. The molecule has 0 aliphatic heterocycles. The van der Waals surface area contributed by atoms with Crippen LogP contribution in [0, 0.1) is 23.2 Å². The van der Waals surface area contributed by atoms with E-state index in [0.717, 1.165) is 36.3 Å². The Labute approximate surface area is 227 Å². The lowest BCUT2D eigenvalue weighted by molar-refractivity contribution is -0.134. The average molecular weight is 561 g/mol. The second-order valence-electron chi connectivity index (χ2n) is 11.5. The third-order valence-electron chi connectivity index (χ3n) is 8.61. The van der Waals surface area contributed by atoms with Gasteiger partial charge in [0.05, 0.1) is 16.7 Å². The highest BCUT2D eigenvalue weighted by atomic mass is 32.2. The molecule has 2 fully saturated rings. The molecule has 2 saturated carbocycles. The normalized spacial score (nSPS) is 29.5. The van der Waals surface area contributed by atoms with Crippen molar-refractivity contribution >= 4 is 44.0 Å². The molecule has 0 spiro atoms. The van der Waals surface area contributed by atoms with Gasteiger partial charge in [-0.15, -0.1) is 11.3 Å². The summed E-state index contributed by atoms with van der Waals surface area (Å²) in [6.07, 6.45) is 3.82. The lowest BCUT2D eigenvalue weighted by atomic mass is 9.53. The van der Waals surface area contributed by atoms with E-state index in [-0.39, 0.29) is 45.8 Å². The van der Waals surface area contributed by atoms with E-state index < -0.39 is 16.1 Å². The number of hydrogen-bond acceptors (Lipinski definition) is 7. The average Bonchev–Trinajstić information content (AvgIpc) is 3.56. The number of fused-ring (bicyclic) bond motifs is 2. The molecule has 0 bridgehead atoms. The van der Waals surface area contributed by atoms with Gasteiger partial charge in [-0.2, -0.15) is 0 Å². The van der Waals surface area contributed by atoms with Gasteiger partial charge in [-0.25, -0.2) is 13.4 Å². The molecule has 1 heterocycles. The van der Waals surface area contributed by atoms with Crippen molar-refractivity contribution in [3.63, 3.8) is 0 Å². The van der Waals surface area contributed by atoms with Crippen LogP contribution in [0.1, 0.15) is 69.9 Å². The van der Waals surface area contributed by atoms with Crippen LogP contribution in [-0.2, 0) is 26.0 Å². The standard InChI is InChI=1S/C27H36N4O5S2/c1-14(25(34)29-18-5-6-18)20-11-12-27(4)13-21-23(15(2)22(27)24(20)33)30-26(37-21)31-38(35,36)19-9-7-17(8-10-19)28-16(3)32/h7-10,14-15,18,20,22,24,33H,5-6,11-13H2,1-4H3,(H,28,32)(H,29,34)(H,30,31)/t14-,15-,20-,22+,24-,27-/m0/s1. The summed E-state index contributed by atoms with van der Waals surface area (Å²) in [5, 5.41) is 17.6. The first-order valence-electron chi connectivity index (χ1n) is 13.3. The van der Waals surface area contributed by atoms with Gasteiger partial charge in [-0.1, -0.05) is 20.8 Å². The Morgan fingerprint density at radius 3 is 2.50 bits per heavy atom. The van der Waals surface area contributed by atoms with Gasteiger partial charge in [-0.3, -0.25) is 14.3 Å². The minimum absolute atomic E-state index is 0.0276. The Bertz CT molecular complexity index is 1340. The largest absolute Gasteiger partial charge is 0.392 e. The van der Waals surface area contributed by atoms with E-state index in [4.69, 9.17) is 0 Å². The number of anilines is 2. The second-order valence-corrected chi connectivity index (χ2v) is 14.3. The summed E-state index contributed by atoms with van der Waals surface area (Å²) in [4.78, 5) is 29.8. The number of aromatic nitrogens is 1. The van der Waals surface area contributed by atoms with E-state index in [1.165, 1.54) is 30.4 Å². The van der Waals surface area contributed by atoms with Crippen LogP contribution in [0.2, 0.25) is 0 Å². The van der Waals surface area contributed by atoms with Gasteiger partial charge in [0.15, 0.2) is 5.13 Å². The fraction of sp³-hybridized carbons (Fsp3) is 0.593. The van der Waals surface area contributed by atoms with Gasteiger partial charge < -0.3 is 15.7 Å². The highest BCUT2D eigenvalue weighted by molar-refractivity contribution is 7.93. The van der Waals surface area contributed by atoms with E-state index in [0.29, 0.717) is 23.3 Å². The van der Waals surface area contributed by atoms with Crippen molar-refractivity contribution in [2.75, 3.05) is 10.0 Å². The molecule has 1 aromatic carbocycles. The van der Waals surface area contributed by atoms with Gasteiger partial charge in [-0.05, 0) is 73.6 Å². The summed E-state index contributed by atoms with van der Waals surface area (Å²) in [5.41, 5.74) is 1.19. The van der Waals surface area contributed by atoms with Gasteiger partial charge in [0.25, 0.3) is 10.0 Å². The molecule has 5 rings (SSSR count). The number of thiazole rings is 1. The van der Waals surface area contributed by atoms with Gasteiger partial charge in [0.2, 0.25) is 11.8 Å². The highest BCUT2D eigenvalue weighted by Crippen LogP contribution is 2.57. The summed E-state index contributed by atoms with van der Waals surface area (Å²) in [7, 11) is -3.87. The van der Waals surface area contributed by atoms with Crippen LogP contribution in [0.5, 0.6) is 0 Å². The van der Waals surface area contributed by atoms with Crippen LogP contribution in [0.3, 0.4) is 0 Å². The molecule has 11 heteroatoms. The molecule has 3 aliphatic carbocycles. The van der Waals surface area contributed by atoms with Crippen molar-refractivity contribution in [1.29, 1.82) is 0 Å². The SMILES string of the molecule is CC(=O)Nc1ccc(S(=O)(=O)Nc2nc3c(s2)C[C@]2(C)CC[C@@H]([C@H](C)C(=O)NC4CC4)[C@H](O)[C@H]2[C@@H]3C)cc1. The highest BCUT2D eigenvalue weighted by Gasteiger charge is 2.54. The summed E-state index contributed by atoms with van der Waals surface area (Å²) < 4.78 is 28.7. The molecular formula is C27H36N4O5S2. The van der Waals surface area contributed by atoms with Crippen molar-refractivity contribution < 1.29 is 23.1 Å². The number of aliphatic hydroxyl groups is 1. The zero-order valence-electron chi connectivity index (χ0n) is 22.2. The number of benzene rings is 1. The van der Waals surface area contributed by atoms with Crippen molar-refractivity contribution in [3.05, 3.63) is 34.8 Å². The van der Waals surface area contributed by atoms with Crippen molar-refractivity contribution in [1.82, 2.24) is 10.3 Å². The van der Waals surface area contributed by atoms with Gasteiger partial charge >= 0.3 is 0 Å². The Kier molecular flexibility index (Phi) is 7.06. The van der Waals surface area contributed by atoms with E-state index in [9.17, 15) is 23.1 Å². The minimum Gasteiger partial charge on any atom is -0.392 e. The summed E-state index contributed by atoms with van der Waals surface area (Å²) in [6.45, 7) is 7.57. The fourth-order valence-corrected chi connectivity index (χ4v) is 8.94. The number of hydrogen-bond donors (Lipinski definition) is 4. The molecule has 6 atom stereocenters. The molecule has 38 heavy (non-hydrogen) atoms. The molecule has 0 unspecified atom stereocenters. The van der Waals surface area contributed by atoms with Gasteiger partial charge in [0.1, 0.15) is 0 Å². The number of amides is 2. The first kappa shape index (κ1) is 27.1. The van der Waals surface area contributed by atoms with Crippen LogP contribution in [0.15, 0.2) is 29.2 Å². The van der Waals surface area contributed by atoms with Gasteiger partial charge in [0, 0.05) is 35.4 Å². The summed E-state index contributed by atoms with van der Waals surface area (Å²) >= 11 is 1.35. The monoisotopic (exact) mass is 560 g/mol. The predicted molar refractivity (Wildman–Crippen MR) is 146 cm³/mol. The molecule has 1 aromatic heterocycles. The molecule has 206 valence electrons. The first-order chi connectivity index (χ1) is 17.9. The lowest BCUT2D eigenvalue weighted by Crippen LogP contribution is -2.53. The van der Waals surface area contributed by atoms with Crippen LogP contribution in [-0.4, -0.2) is 42.5 Å². The van der Waals surface area contributed by atoms with Crippen LogP contribution >= 0.6 is 11.3 Å². The smallest absolute Gasteiger partial charge is 0.263 e. The van der Waals surface area contributed by atoms with Crippen LogP contribution in [0.4, 0.5) is 10.8 Å². The summed E-state index contributed by atoms with van der Waals surface area (Å²) in [6, 6.07) is 6.26. The molecule has 2 amide bonds. The minimum atomic E-state index is -3.87. The Morgan fingerprint density at radius 1 is 1.18 bits per heavy atom. The molecule has 0 radical (unpaired) electrons. The number of aliphatic hydroxyl groups excluding tert-OH is 1. The maximum absolute atomic E-state index is 13.0. The van der Waals surface area contributed by atoms with E-state index >= 15 is 0 Å². The van der Waals surface area contributed by atoms with Crippen molar-refractivity contribution in [2.45, 2.75) is 82.8 Å². The molecule has 0 saturated heterocycles. The zero-order chi connectivity index (χ0) is 27.4. The lowest BCUT2D eigenvalue weighted by Gasteiger charge is -2.53. The third-order valence-corrected chi connectivity index (χ3v) is 11.1. The van der Waals surface area contributed by atoms with E-state index in [1.54, 1.807) is 12.1 Å². The Hall–Kier alpha value is -2.50. The quantitative estimate of drug-likeness (QED) is 0.406. The molecule has 2 aromatic rings. The molecular weight excluding hydrogens is 524 g/mol. The number of nitrogens with one attached hydrogen (secondary N) is 3. The number of carbonyl (C=O) groups excluding carboxylic acids is 2. The molecule has 4 N–H and O–H groups in total. The third kappa shape index (κ3) is 5.20. The summed E-state index contributed by atoms with van der Waals surface area (Å²) in [5.74, 6) is -0.737. The topological polar surface area (TPSA) is 137 Å². The zero-order valence-corrected chi connectivity index (χ0v) is 23.8. The van der Waals surface area contributed by atoms with Crippen LogP contribution in [0.25, 0.3) is 0 Å².